The fourth-order valence-corrected chi connectivity index (χ4v) is 3.93. The average molecular weight is 447 g/mol. The van der Waals surface area contributed by atoms with Crippen molar-refractivity contribution in [2.75, 3.05) is 6.61 Å². The number of aryl methyl sites for hydroxylation is 1. The van der Waals surface area contributed by atoms with E-state index in [0.717, 1.165) is 46.4 Å². The summed E-state index contributed by atoms with van der Waals surface area (Å²) in [6.45, 7) is 7.98. The maximum absolute atomic E-state index is 12.3. The molecule has 0 N–H and O–H groups in total. The Hall–Kier alpha value is -4.23. The van der Waals surface area contributed by atoms with E-state index in [1.807, 2.05) is 72.8 Å². The summed E-state index contributed by atoms with van der Waals surface area (Å²) < 4.78 is 5.97. The first kappa shape index (κ1) is 22.9. The second-order valence-electron chi connectivity index (χ2n) is 8.11. The van der Waals surface area contributed by atoms with Gasteiger partial charge in [-0.1, -0.05) is 66.7 Å². The highest BCUT2D eigenvalue weighted by Crippen LogP contribution is 2.32. The molecule has 0 atom stereocenters. The number of para-hydroxylation sites is 1. The van der Waals surface area contributed by atoms with Crippen LogP contribution in [-0.2, 0) is 24.1 Å². The van der Waals surface area contributed by atoms with Gasteiger partial charge in [-0.2, -0.15) is 0 Å². The molecule has 0 radical (unpaired) electrons. The zero-order valence-corrected chi connectivity index (χ0v) is 19.0. The molecule has 3 aromatic carbocycles. The Bertz CT molecular complexity index is 1280. The molecule has 168 valence electrons. The van der Waals surface area contributed by atoms with Crippen LogP contribution in [0.4, 0.5) is 5.69 Å². The van der Waals surface area contributed by atoms with Crippen LogP contribution in [0.1, 0.15) is 23.1 Å². The fourth-order valence-electron chi connectivity index (χ4n) is 3.93. The molecule has 4 rings (SSSR count). The Morgan fingerprint density at radius 2 is 1.59 bits per heavy atom. The highest BCUT2D eigenvalue weighted by Gasteiger charge is 2.09. The topological polar surface area (TPSA) is 43.5 Å². The number of hydrogen-bond acceptors (Lipinski definition) is 3. The number of hydrogen-bond donors (Lipinski definition) is 0. The second-order valence-corrected chi connectivity index (χ2v) is 8.11. The zero-order chi connectivity index (χ0) is 23.6. The van der Waals surface area contributed by atoms with Crippen LogP contribution in [0.5, 0.6) is 5.75 Å². The van der Waals surface area contributed by atoms with Crippen molar-refractivity contribution in [2.45, 2.75) is 25.7 Å². The molecule has 4 nitrogen and oxygen atoms in total. The summed E-state index contributed by atoms with van der Waals surface area (Å²) in [6, 6.07) is 27.5. The molecule has 0 fully saturated rings. The molecule has 0 saturated carbocycles. The van der Waals surface area contributed by atoms with E-state index in [2.05, 4.69) is 22.0 Å². The molecule has 0 aliphatic heterocycles. The van der Waals surface area contributed by atoms with Crippen LogP contribution in [0.15, 0.2) is 97.3 Å². The molecule has 1 heterocycles. The van der Waals surface area contributed by atoms with Gasteiger partial charge in [-0.05, 0) is 52.4 Å². The van der Waals surface area contributed by atoms with Gasteiger partial charge in [-0.15, -0.1) is 0 Å². The third-order valence-electron chi connectivity index (χ3n) is 5.71. The number of nitrogens with zero attached hydrogens (tertiary/aromatic N) is 2. The Balaban J connectivity index is 1.30. The number of Topliss-reactive ketones (excluding diaryl/α,β-unsaturated/α-hetero) is 1. The van der Waals surface area contributed by atoms with E-state index >= 15 is 0 Å². The largest absolute Gasteiger partial charge is 0.493 e. The molecular formula is C30H26N2O2. The first-order valence-corrected chi connectivity index (χ1v) is 11.4. The van der Waals surface area contributed by atoms with Gasteiger partial charge in [0.2, 0.25) is 0 Å². The van der Waals surface area contributed by atoms with Crippen LogP contribution in [0.2, 0.25) is 0 Å². The van der Waals surface area contributed by atoms with Crippen molar-refractivity contribution in [3.05, 3.63) is 125 Å². The minimum Gasteiger partial charge on any atom is -0.493 e. The van der Waals surface area contributed by atoms with Crippen molar-refractivity contribution in [3.63, 3.8) is 0 Å². The van der Waals surface area contributed by atoms with Crippen LogP contribution in [0.3, 0.4) is 0 Å². The molecule has 4 aromatic rings. The second kappa shape index (κ2) is 11.6. The molecule has 0 aliphatic rings. The quantitative estimate of drug-likeness (QED) is 0.256. The minimum atomic E-state index is 0.217. The summed E-state index contributed by atoms with van der Waals surface area (Å²) in [5.41, 5.74) is 5.89. The molecule has 0 saturated heterocycles. The molecule has 4 heteroatoms. The van der Waals surface area contributed by atoms with E-state index in [9.17, 15) is 4.79 Å². The normalized spacial score (nSPS) is 10.4. The number of carbonyl (C=O) groups is 1. The van der Waals surface area contributed by atoms with Crippen molar-refractivity contribution in [1.82, 2.24) is 4.98 Å². The van der Waals surface area contributed by atoms with Gasteiger partial charge in [0.15, 0.2) is 5.69 Å². The summed E-state index contributed by atoms with van der Waals surface area (Å²) in [7, 11) is 0. The highest BCUT2D eigenvalue weighted by molar-refractivity contribution is 5.81. The first-order valence-electron chi connectivity index (χ1n) is 11.4. The maximum Gasteiger partial charge on any atom is 0.194 e. The smallest absolute Gasteiger partial charge is 0.194 e. The molecule has 1 aromatic heterocycles. The maximum atomic E-state index is 12.3. The lowest BCUT2D eigenvalue weighted by Crippen LogP contribution is -2.05. The Labute approximate surface area is 200 Å². The number of ketones is 1. The lowest BCUT2D eigenvalue weighted by Gasteiger charge is -2.12. The summed E-state index contributed by atoms with van der Waals surface area (Å²) in [5, 5.41) is 0. The van der Waals surface area contributed by atoms with E-state index in [4.69, 9.17) is 11.3 Å². The van der Waals surface area contributed by atoms with E-state index in [1.54, 1.807) is 12.4 Å². The van der Waals surface area contributed by atoms with E-state index < -0.39 is 0 Å². The van der Waals surface area contributed by atoms with E-state index in [-0.39, 0.29) is 5.78 Å². The number of pyridine rings is 1. The fraction of sp³-hybridized carbons (Fsp3) is 0.167. The average Bonchev–Trinajstić information content (AvgIpc) is 2.89. The molecule has 34 heavy (non-hydrogen) atoms. The van der Waals surface area contributed by atoms with Gasteiger partial charge in [0.25, 0.3) is 0 Å². The number of ether oxygens (including phenoxy) is 1. The van der Waals surface area contributed by atoms with Crippen LogP contribution < -0.4 is 4.74 Å². The molecule has 0 unspecified atom stereocenters. The number of benzene rings is 3. The van der Waals surface area contributed by atoms with E-state index in [1.165, 1.54) is 0 Å². The lowest BCUT2D eigenvalue weighted by molar-refractivity contribution is -0.118. The van der Waals surface area contributed by atoms with Gasteiger partial charge >= 0.3 is 0 Å². The van der Waals surface area contributed by atoms with Crippen LogP contribution in [0.25, 0.3) is 16.0 Å². The number of rotatable bonds is 10. The summed E-state index contributed by atoms with van der Waals surface area (Å²) in [5.74, 6) is 0.999. The van der Waals surface area contributed by atoms with Gasteiger partial charge in [-0.3, -0.25) is 9.78 Å². The first-order chi connectivity index (χ1) is 16.7. The van der Waals surface area contributed by atoms with Crippen molar-refractivity contribution in [3.8, 4) is 16.9 Å². The molecule has 0 amide bonds. The van der Waals surface area contributed by atoms with Crippen molar-refractivity contribution in [1.29, 1.82) is 0 Å². The minimum absolute atomic E-state index is 0.217. The molecule has 0 bridgehead atoms. The number of aromatic nitrogens is 1. The number of carbonyl (C=O) groups excluding carboxylic acids is 1. The third-order valence-corrected chi connectivity index (χ3v) is 5.71. The van der Waals surface area contributed by atoms with Crippen LogP contribution >= 0.6 is 0 Å². The Kier molecular flexibility index (Phi) is 7.82. The summed E-state index contributed by atoms with van der Waals surface area (Å²) in [4.78, 5) is 20.1. The SMILES string of the molecule is [C-]#[N+]c1ccccc1-c1ccccc1CCOc1ccc(CC(=O)CCc2cccnc2)cc1. The Morgan fingerprint density at radius 3 is 2.35 bits per heavy atom. The van der Waals surface area contributed by atoms with Gasteiger partial charge in [0, 0.05) is 31.7 Å². The highest BCUT2D eigenvalue weighted by atomic mass is 16.5. The predicted molar refractivity (Wildman–Crippen MR) is 135 cm³/mol. The van der Waals surface area contributed by atoms with Crippen LogP contribution in [0, 0.1) is 6.57 Å². The molecule has 0 spiro atoms. The molecular weight excluding hydrogens is 420 g/mol. The van der Waals surface area contributed by atoms with Gasteiger partial charge in [-0.25, -0.2) is 4.85 Å². The predicted octanol–water partition coefficient (Wildman–Crippen LogP) is 6.67. The van der Waals surface area contributed by atoms with Gasteiger partial charge in [0.05, 0.1) is 13.2 Å². The van der Waals surface area contributed by atoms with Crippen molar-refractivity contribution in [2.24, 2.45) is 0 Å². The van der Waals surface area contributed by atoms with E-state index in [0.29, 0.717) is 25.1 Å². The lowest BCUT2D eigenvalue weighted by atomic mass is 9.97. The zero-order valence-electron chi connectivity index (χ0n) is 19.0. The summed E-state index contributed by atoms with van der Waals surface area (Å²) in [6.07, 6.45) is 5.94. The van der Waals surface area contributed by atoms with Crippen LogP contribution in [-0.4, -0.2) is 17.4 Å². The summed E-state index contributed by atoms with van der Waals surface area (Å²) >= 11 is 0. The van der Waals surface area contributed by atoms with Crippen molar-refractivity contribution >= 4 is 11.5 Å². The Morgan fingerprint density at radius 1 is 0.824 bits per heavy atom. The third kappa shape index (κ3) is 6.17. The van der Waals surface area contributed by atoms with Gasteiger partial charge in [0.1, 0.15) is 11.5 Å². The van der Waals surface area contributed by atoms with Crippen molar-refractivity contribution < 1.29 is 9.53 Å². The van der Waals surface area contributed by atoms with Gasteiger partial charge < -0.3 is 4.74 Å². The monoisotopic (exact) mass is 446 g/mol. The molecule has 0 aliphatic carbocycles. The standard InChI is InChI=1S/C30H26N2O2/c1-31-30-11-5-4-10-29(30)28-9-3-2-8-25(28)18-20-34-27-16-13-23(14-17-27)21-26(33)15-12-24-7-6-19-32-22-24/h2-11,13-14,16-17,19,22H,12,15,18,20-21H2.